The van der Waals surface area contributed by atoms with Gasteiger partial charge < -0.3 is 5.73 Å². The Hall–Kier alpha value is -0.0400. The van der Waals surface area contributed by atoms with Gasteiger partial charge in [-0.05, 0) is 31.1 Å². The Morgan fingerprint density at radius 2 is 1.82 bits per heavy atom. The normalized spacial score (nSPS) is 30.5. The van der Waals surface area contributed by atoms with Crippen LogP contribution in [0.4, 0.5) is 0 Å². The molecule has 0 heterocycles. The minimum atomic E-state index is 0.536. The second-order valence-electron chi connectivity index (χ2n) is 4.02. The van der Waals surface area contributed by atoms with E-state index in [1.54, 1.807) is 0 Å². The highest BCUT2D eigenvalue weighted by Crippen LogP contribution is 2.33. The predicted octanol–water partition coefficient (Wildman–Crippen LogP) is 2.55. The van der Waals surface area contributed by atoms with Gasteiger partial charge in [-0.15, -0.1) is 0 Å². The Morgan fingerprint density at radius 1 is 1.27 bits per heavy atom. The molecule has 0 aromatic heterocycles. The van der Waals surface area contributed by atoms with Crippen molar-refractivity contribution < 1.29 is 0 Å². The van der Waals surface area contributed by atoms with Crippen molar-refractivity contribution in [2.24, 2.45) is 17.6 Å². The molecular weight excluding hydrogens is 134 g/mol. The fraction of sp³-hybridized carbons (Fsp3) is 1.00. The minimum absolute atomic E-state index is 0.536. The molecule has 0 aromatic rings. The smallest absolute Gasteiger partial charge is 0.00441 e. The molecule has 1 aliphatic rings. The van der Waals surface area contributed by atoms with E-state index in [1.165, 1.54) is 32.1 Å². The van der Waals surface area contributed by atoms with Crippen LogP contribution in [0.25, 0.3) is 0 Å². The van der Waals surface area contributed by atoms with Gasteiger partial charge in [0.05, 0.1) is 0 Å². The van der Waals surface area contributed by atoms with Crippen LogP contribution in [0.2, 0.25) is 0 Å². The van der Waals surface area contributed by atoms with Crippen molar-refractivity contribution in [2.45, 2.75) is 52.0 Å². The van der Waals surface area contributed by atoms with Crippen molar-refractivity contribution in [1.82, 2.24) is 0 Å². The average molecular weight is 155 g/mol. The van der Waals surface area contributed by atoms with Crippen molar-refractivity contribution >= 4 is 0 Å². The zero-order chi connectivity index (χ0) is 8.27. The Labute approximate surface area is 70.4 Å². The standard InChI is InChI=1S/C10H21N/c1-3-8(4-2)5-9-6-10(11)7-9/h8-10H,3-7,11H2,1-2H3. The van der Waals surface area contributed by atoms with Crippen LogP contribution < -0.4 is 5.73 Å². The average Bonchev–Trinajstić information content (AvgIpc) is 1.96. The SMILES string of the molecule is CCC(CC)CC1CC(N)C1. The van der Waals surface area contributed by atoms with Gasteiger partial charge in [0.1, 0.15) is 0 Å². The molecule has 1 aliphatic carbocycles. The summed E-state index contributed by atoms with van der Waals surface area (Å²) in [5.41, 5.74) is 5.73. The lowest BCUT2D eigenvalue weighted by atomic mass is 9.75. The number of hydrogen-bond acceptors (Lipinski definition) is 1. The third-order valence-corrected chi connectivity index (χ3v) is 3.09. The van der Waals surface area contributed by atoms with E-state index in [9.17, 15) is 0 Å². The van der Waals surface area contributed by atoms with E-state index in [2.05, 4.69) is 13.8 Å². The molecule has 1 fully saturated rings. The topological polar surface area (TPSA) is 26.0 Å². The quantitative estimate of drug-likeness (QED) is 0.663. The highest BCUT2D eigenvalue weighted by atomic mass is 14.7. The largest absolute Gasteiger partial charge is 0.328 e. The Bertz CT molecular complexity index is 101. The first kappa shape index (κ1) is 9.05. The first-order chi connectivity index (χ1) is 5.26. The zero-order valence-corrected chi connectivity index (χ0v) is 7.84. The predicted molar refractivity (Wildman–Crippen MR) is 49.4 cm³/mol. The molecule has 66 valence electrons. The van der Waals surface area contributed by atoms with Crippen LogP contribution in [0.5, 0.6) is 0 Å². The molecule has 1 rings (SSSR count). The maximum absolute atomic E-state index is 5.73. The molecular formula is C10H21N. The fourth-order valence-corrected chi connectivity index (χ4v) is 2.07. The number of hydrogen-bond donors (Lipinski definition) is 1. The molecule has 0 unspecified atom stereocenters. The Morgan fingerprint density at radius 3 is 2.18 bits per heavy atom. The highest BCUT2D eigenvalue weighted by Gasteiger charge is 2.27. The van der Waals surface area contributed by atoms with E-state index in [1.807, 2.05) is 0 Å². The number of rotatable bonds is 4. The molecule has 0 amide bonds. The van der Waals surface area contributed by atoms with Gasteiger partial charge in [0.25, 0.3) is 0 Å². The van der Waals surface area contributed by atoms with Crippen LogP contribution >= 0.6 is 0 Å². The maximum atomic E-state index is 5.73. The molecule has 0 spiro atoms. The molecule has 0 saturated heterocycles. The van der Waals surface area contributed by atoms with Crippen LogP contribution in [-0.2, 0) is 0 Å². The first-order valence-corrected chi connectivity index (χ1v) is 5.01. The Kier molecular flexibility index (Phi) is 3.38. The molecule has 0 aromatic carbocycles. The molecule has 1 nitrogen and oxygen atoms in total. The monoisotopic (exact) mass is 155 g/mol. The third kappa shape index (κ3) is 2.48. The third-order valence-electron chi connectivity index (χ3n) is 3.09. The summed E-state index contributed by atoms with van der Waals surface area (Å²) in [5, 5.41) is 0. The molecule has 1 saturated carbocycles. The van der Waals surface area contributed by atoms with Gasteiger partial charge >= 0.3 is 0 Å². The molecule has 0 atom stereocenters. The Balaban J connectivity index is 2.09. The molecule has 0 bridgehead atoms. The van der Waals surface area contributed by atoms with Crippen LogP contribution in [0.15, 0.2) is 0 Å². The molecule has 2 N–H and O–H groups in total. The van der Waals surface area contributed by atoms with Gasteiger partial charge in [0.2, 0.25) is 0 Å². The van der Waals surface area contributed by atoms with Crippen molar-refractivity contribution in [3.05, 3.63) is 0 Å². The summed E-state index contributed by atoms with van der Waals surface area (Å²) in [6, 6.07) is 0.536. The van der Waals surface area contributed by atoms with Gasteiger partial charge in [-0.1, -0.05) is 26.7 Å². The van der Waals surface area contributed by atoms with E-state index < -0.39 is 0 Å². The fourth-order valence-electron chi connectivity index (χ4n) is 2.07. The van der Waals surface area contributed by atoms with Crippen LogP contribution in [0.3, 0.4) is 0 Å². The van der Waals surface area contributed by atoms with Gasteiger partial charge in [-0.2, -0.15) is 0 Å². The highest BCUT2D eigenvalue weighted by molar-refractivity contribution is 4.83. The minimum Gasteiger partial charge on any atom is -0.328 e. The molecule has 0 aliphatic heterocycles. The van der Waals surface area contributed by atoms with Gasteiger partial charge in [-0.3, -0.25) is 0 Å². The first-order valence-electron chi connectivity index (χ1n) is 5.01. The van der Waals surface area contributed by atoms with Crippen molar-refractivity contribution in [3.63, 3.8) is 0 Å². The van der Waals surface area contributed by atoms with Crippen molar-refractivity contribution in [1.29, 1.82) is 0 Å². The van der Waals surface area contributed by atoms with E-state index in [0.29, 0.717) is 6.04 Å². The van der Waals surface area contributed by atoms with Crippen LogP contribution in [0.1, 0.15) is 46.0 Å². The van der Waals surface area contributed by atoms with Gasteiger partial charge in [-0.25, -0.2) is 0 Å². The van der Waals surface area contributed by atoms with Gasteiger partial charge in [0.15, 0.2) is 0 Å². The summed E-state index contributed by atoms with van der Waals surface area (Å²) >= 11 is 0. The van der Waals surface area contributed by atoms with Gasteiger partial charge in [0, 0.05) is 6.04 Å². The van der Waals surface area contributed by atoms with E-state index >= 15 is 0 Å². The molecule has 11 heavy (non-hydrogen) atoms. The second-order valence-corrected chi connectivity index (χ2v) is 4.02. The second kappa shape index (κ2) is 4.10. The lowest BCUT2D eigenvalue weighted by Crippen LogP contribution is -2.37. The zero-order valence-electron chi connectivity index (χ0n) is 7.84. The summed E-state index contributed by atoms with van der Waals surface area (Å²) in [5.74, 6) is 1.93. The number of nitrogens with two attached hydrogens (primary N) is 1. The van der Waals surface area contributed by atoms with Crippen molar-refractivity contribution in [2.75, 3.05) is 0 Å². The summed E-state index contributed by atoms with van der Waals surface area (Å²) in [4.78, 5) is 0. The lowest BCUT2D eigenvalue weighted by molar-refractivity contribution is 0.209. The van der Waals surface area contributed by atoms with Crippen LogP contribution in [-0.4, -0.2) is 6.04 Å². The van der Waals surface area contributed by atoms with E-state index in [-0.39, 0.29) is 0 Å². The summed E-state index contributed by atoms with van der Waals surface area (Å²) in [7, 11) is 0. The van der Waals surface area contributed by atoms with E-state index in [0.717, 1.165) is 11.8 Å². The summed E-state index contributed by atoms with van der Waals surface area (Å²) in [6.07, 6.45) is 6.71. The lowest BCUT2D eigenvalue weighted by Gasteiger charge is -2.34. The summed E-state index contributed by atoms with van der Waals surface area (Å²) in [6.45, 7) is 4.60. The van der Waals surface area contributed by atoms with Crippen LogP contribution in [0, 0.1) is 11.8 Å². The summed E-state index contributed by atoms with van der Waals surface area (Å²) < 4.78 is 0. The molecule has 1 heteroatoms. The van der Waals surface area contributed by atoms with E-state index in [4.69, 9.17) is 5.73 Å². The van der Waals surface area contributed by atoms with Crippen molar-refractivity contribution in [3.8, 4) is 0 Å². The molecule has 0 radical (unpaired) electrons. The maximum Gasteiger partial charge on any atom is 0.00441 e.